The minimum absolute atomic E-state index is 0.0802. The van der Waals surface area contributed by atoms with E-state index in [1.165, 1.54) is 12.8 Å². The van der Waals surface area contributed by atoms with E-state index in [0.717, 1.165) is 51.4 Å². The molecule has 2 aliphatic carbocycles. The molecule has 3 aliphatic rings. The monoisotopic (exact) mass is 571 g/mol. The van der Waals surface area contributed by atoms with Crippen LogP contribution >= 0.6 is 0 Å². The average molecular weight is 572 g/mol. The lowest BCUT2D eigenvalue weighted by molar-refractivity contribution is -0.134. The molecule has 0 radical (unpaired) electrons. The summed E-state index contributed by atoms with van der Waals surface area (Å²) in [4.78, 5) is 42.6. The number of carbonyl (C=O) groups excluding carboxylic acids is 3. The zero-order valence-corrected chi connectivity index (χ0v) is 25.0. The summed E-state index contributed by atoms with van der Waals surface area (Å²) in [6.07, 6.45) is 10.7. The molecule has 4 rings (SSSR count). The van der Waals surface area contributed by atoms with Crippen LogP contribution in [0.3, 0.4) is 0 Å². The zero-order chi connectivity index (χ0) is 29.4. The fourth-order valence-corrected chi connectivity index (χ4v) is 6.21. The number of nitrogens with one attached hydrogen (secondary N) is 3. The molecule has 3 atom stereocenters. The molecule has 2 fully saturated rings. The molecule has 10 nitrogen and oxygen atoms in total. The van der Waals surface area contributed by atoms with Gasteiger partial charge in [0.25, 0.3) is 0 Å². The van der Waals surface area contributed by atoms with Crippen LogP contribution in [0.2, 0.25) is 0 Å². The Morgan fingerprint density at radius 3 is 2.32 bits per heavy atom. The van der Waals surface area contributed by atoms with Crippen molar-refractivity contribution in [3.63, 3.8) is 0 Å². The molecule has 1 aromatic rings. The van der Waals surface area contributed by atoms with E-state index in [1.807, 2.05) is 13.8 Å². The van der Waals surface area contributed by atoms with Gasteiger partial charge in [0.15, 0.2) is 0 Å². The summed E-state index contributed by atoms with van der Waals surface area (Å²) in [5.74, 6) is 0.340. The molecule has 1 heterocycles. The molecule has 0 spiro atoms. The van der Waals surface area contributed by atoms with Gasteiger partial charge in [-0.25, -0.2) is 9.59 Å². The summed E-state index contributed by atoms with van der Waals surface area (Å²) >= 11 is 0. The largest absolute Gasteiger partial charge is 0.488 e. The molecule has 10 heteroatoms. The van der Waals surface area contributed by atoms with Crippen molar-refractivity contribution in [1.29, 1.82) is 0 Å². The molecule has 0 saturated heterocycles. The number of likely N-dealkylation sites (N-methyl/N-ethyl adjacent to an activating group) is 1. The first-order valence-corrected chi connectivity index (χ1v) is 15.5. The number of fused-ring (bicyclic) bond motifs is 1. The second-order valence-corrected chi connectivity index (χ2v) is 12.3. The van der Waals surface area contributed by atoms with E-state index in [2.05, 4.69) is 16.0 Å². The Balaban J connectivity index is 1.50. The summed E-state index contributed by atoms with van der Waals surface area (Å²) in [5.41, 5.74) is 1.25. The van der Waals surface area contributed by atoms with E-state index >= 15 is 0 Å². The number of aliphatic hydroxyl groups excluding tert-OH is 1. The highest BCUT2D eigenvalue weighted by Gasteiger charge is 2.32. The van der Waals surface area contributed by atoms with Gasteiger partial charge in [0, 0.05) is 42.8 Å². The van der Waals surface area contributed by atoms with Crippen molar-refractivity contribution >= 4 is 23.7 Å². The standard InChI is InChI=1S/C31H49N5O5/c1-21-18-36(22(2)20-37)29(38)17-23-16-26(33-30(39)32-24-10-6-4-7-11-24)14-15-27(23)41-28(21)19-35(3)31(40)34-25-12-8-5-9-13-25/h14-16,21-22,24-25,28,37H,4-13,17-20H2,1-3H3,(H,34,40)(H2,32,33,39)/t21-,22+,28-/m0/s1. The smallest absolute Gasteiger partial charge is 0.319 e. The number of amides is 5. The van der Waals surface area contributed by atoms with Crippen LogP contribution in [0.5, 0.6) is 5.75 Å². The Labute approximate surface area is 244 Å². The van der Waals surface area contributed by atoms with E-state index in [4.69, 9.17) is 4.74 Å². The van der Waals surface area contributed by atoms with Gasteiger partial charge >= 0.3 is 12.1 Å². The van der Waals surface area contributed by atoms with Gasteiger partial charge in [-0.3, -0.25) is 4.79 Å². The van der Waals surface area contributed by atoms with E-state index in [-0.39, 0.29) is 61.1 Å². The molecule has 4 N–H and O–H groups in total. The molecular formula is C31H49N5O5. The highest BCUT2D eigenvalue weighted by molar-refractivity contribution is 5.90. The second kappa shape index (κ2) is 14.8. The summed E-state index contributed by atoms with van der Waals surface area (Å²) in [6.45, 7) is 4.43. The van der Waals surface area contributed by atoms with Gasteiger partial charge in [0.2, 0.25) is 5.91 Å². The van der Waals surface area contributed by atoms with Crippen LogP contribution < -0.4 is 20.7 Å². The Kier molecular flexibility index (Phi) is 11.1. The van der Waals surface area contributed by atoms with E-state index in [1.54, 1.807) is 35.0 Å². The molecule has 41 heavy (non-hydrogen) atoms. The Morgan fingerprint density at radius 1 is 1.05 bits per heavy atom. The molecule has 0 bridgehead atoms. The molecule has 1 aliphatic heterocycles. The van der Waals surface area contributed by atoms with Crippen LogP contribution in [0.1, 0.15) is 83.6 Å². The van der Waals surface area contributed by atoms with Gasteiger partial charge in [-0.1, -0.05) is 45.4 Å². The topological polar surface area (TPSA) is 123 Å². The number of carbonyl (C=O) groups is 3. The Hall–Kier alpha value is -3.01. The van der Waals surface area contributed by atoms with Crippen LogP contribution in [-0.4, -0.2) is 83.8 Å². The number of aliphatic hydroxyl groups is 1. The van der Waals surface area contributed by atoms with Gasteiger partial charge in [-0.15, -0.1) is 0 Å². The Bertz CT molecular complexity index is 1040. The lowest BCUT2D eigenvalue weighted by Crippen LogP contribution is -2.50. The van der Waals surface area contributed by atoms with Crippen molar-refractivity contribution in [2.24, 2.45) is 5.92 Å². The third-order valence-electron chi connectivity index (χ3n) is 8.85. The lowest BCUT2D eigenvalue weighted by Gasteiger charge is -2.34. The van der Waals surface area contributed by atoms with Crippen molar-refractivity contribution in [1.82, 2.24) is 20.4 Å². The van der Waals surface area contributed by atoms with Crippen molar-refractivity contribution in [3.8, 4) is 5.75 Å². The van der Waals surface area contributed by atoms with Crippen molar-refractivity contribution < 1.29 is 24.2 Å². The highest BCUT2D eigenvalue weighted by Crippen LogP contribution is 2.29. The normalized spacial score (nSPS) is 23.2. The summed E-state index contributed by atoms with van der Waals surface area (Å²) in [7, 11) is 1.78. The SMILES string of the molecule is C[C@H](CO)N1C[C@H](C)[C@H](CN(C)C(=O)NC2CCCCC2)Oc2ccc(NC(=O)NC3CCCCC3)cc2CC1=O. The van der Waals surface area contributed by atoms with Crippen molar-refractivity contribution in [2.45, 2.75) is 109 Å². The van der Waals surface area contributed by atoms with Crippen LogP contribution in [0.25, 0.3) is 0 Å². The van der Waals surface area contributed by atoms with Crippen molar-refractivity contribution in [2.75, 3.05) is 32.1 Å². The average Bonchev–Trinajstić information content (AvgIpc) is 3.01. The van der Waals surface area contributed by atoms with E-state index in [9.17, 15) is 19.5 Å². The number of hydrogen-bond acceptors (Lipinski definition) is 5. The number of ether oxygens (including phenoxy) is 1. The summed E-state index contributed by atoms with van der Waals surface area (Å²) in [5, 5.41) is 19.1. The fourth-order valence-electron chi connectivity index (χ4n) is 6.21. The maximum absolute atomic E-state index is 13.5. The zero-order valence-electron chi connectivity index (χ0n) is 25.0. The predicted molar refractivity (Wildman–Crippen MR) is 159 cm³/mol. The first kappa shape index (κ1) is 30.9. The molecule has 0 aromatic heterocycles. The van der Waals surface area contributed by atoms with Gasteiger partial charge in [-0.05, 0) is 50.8 Å². The number of hydrogen-bond donors (Lipinski definition) is 4. The third-order valence-corrected chi connectivity index (χ3v) is 8.85. The van der Waals surface area contributed by atoms with Crippen LogP contribution in [0.4, 0.5) is 15.3 Å². The lowest BCUT2D eigenvalue weighted by atomic mass is 9.96. The second-order valence-electron chi connectivity index (χ2n) is 12.3. The van der Waals surface area contributed by atoms with Crippen molar-refractivity contribution in [3.05, 3.63) is 23.8 Å². The maximum Gasteiger partial charge on any atom is 0.319 e. The van der Waals surface area contributed by atoms with Crippen LogP contribution in [-0.2, 0) is 11.2 Å². The van der Waals surface area contributed by atoms with Crippen LogP contribution in [0.15, 0.2) is 18.2 Å². The minimum atomic E-state index is -0.386. The first-order chi connectivity index (χ1) is 19.7. The molecule has 5 amide bonds. The first-order valence-electron chi connectivity index (χ1n) is 15.5. The minimum Gasteiger partial charge on any atom is -0.488 e. The molecular weight excluding hydrogens is 522 g/mol. The summed E-state index contributed by atoms with van der Waals surface area (Å²) in [6, 6.07) is 5.04. The van der Waals surface area contributed by atoms with Gasteiger partial charge in [0.05, 0.1) is 25.6 Å². The fraction of sp³-hybridized carbons (Fsp3) is 0.710. The molecule has 0 unspecified atom stereocenters. The third kappa shape index (κ3) is 8.74. The number of urea groups is 2. The number of benzene rings is 1. The number of nitrogens with zero attached hydrogens (tertiary/aromatic N) is 2. The maximum atomic E-state index is 13.5. The van der Waals surface area contributed by atoms with Gasteiger partial charge in [-0.2, -0.15) is 0 Å². The predicted octanol–water partition coefficient (Wildman–Crippen LogP) is 4.26. The molecule has 228 valence electrons. The van der Waals surface area contributed by atoms with E-state index < -0.39 is 0 Å². The van der Waals surface area contributed by atoms with Gasteiger partial charge < -0.3 is 35.6 Å². The molecule has 2 saturated carbocycles. The number of anilines is 1. The quantitative estimate of drug-likeness (QED) is 0.389. The van der Waals surface area contributed by atoms with Gasteiger partial charge in [0.1, 0.15) is 11.9 Å². The summed E-state index contributed by atoms with van der Waals surface area (Å²) < 4.78 is 6.54. The van der Waals surface area contributed by atoms with E-state index in [0.29, 0.717) is 30.1 Å². The van der Waals surface area contributed by atoms with Crippen LogP contribution in [0, 0.1) is 5.92 Å². The molecule has 1 aromatic carbocycles. The number of rotatable bonds is 7. The highest BCUT2D eigenvalue weighted by atomic mass is 16.5. The Morgan fingerprint density at radius 2 is 1.68 bits per heavy atom.